The van der Waals surface area contributed by atoms with Crippen molar-refractivity contribution in [1.82, 2.24) is 14.7 Å². The average Bonchev–Trinajstić information content (AvgIpc) is 2.62. The van der Waals surface area contributed by atoms with Gasteiger partial charge in [-0.15, -0.1) is 0 Å². The quantitative estimate of drug-likeness (QED) is 0.851. The fourth-order valence-electron chi connectivity index (χ4n) is 2.74. The van der Waals surface area contributed by atoms with Crippen LogP contribution in [0, 0.1) is 13.8 Å². The molecule has 1 aromatic heterocycles. The van der Waals surface area contributed by atoms with Gasteiger partial charge in [0.05, 0.1) is 11.3 Å². The molecule has 2 rings (SSSR count). The maximum atomic E-state index is 12.6. The largest absolute Gasteiger partial charge is 0.334 e. The van der Waals surface area contributed by atoms with E-state index in [9.17, 15) is 4.79 Å². The minimum Gasteiger partial charge on any atom is -0.334 e. The topological polar surface area (TPSA) is 64.2 Å². The Labute approximate surface area is 108 Å². The molecule has 5 nitrogen and oxygen atoms in total. The molecule has 0 radical (unpaired) electrons. The lowest BCUT2D eigenvalue weighted by atomic mass is 10.0. The number of rotatable bonds is 2. The molecule has 0 bridgehead atoms. The van der Waals surface area contributed by atoms with E-state index in [-0.39, 0.29) is 11.9 Å². The maximum absolute atomic E-state index is 12.6. The second-order valence-electron chi connectivity index (χ2n) is 5.05. The first-order chi connectivity index (χ1) is 8.56. The fourth-order valence-corrected chi connectivity index (χ4v) is 2.74. The van der Waals surface area contributed by atoms with Gasteiger partial charge in [0.1, 0.15) is 0 Å². The van der Waals surface area contributed by atoms with E-state index in [2.05, 4.69) is 5.10 Å². The van der Waals surface area contributed by atoms with Crippen LogP contribution in [-0.2, 0) is 7.05 Å². The number of carbonyl (C=O) groups excluding carboxylic acids is 1. The Hall–Kier alpha value is -1.36. The maximum Gasteiger partial charge on any atom is 0.257 e. The first-order valence-electron chi connectivity index (χ1n) is 6.57. The number of amides is 1. The fraction of sp³-hybridized carbons (Fsp3) is 0.692. The highest BCUT2D eigenvalue weighted by Crippen LogP contribution is 2.22. The third-order valence-corrected chi connectivity index (χ3v) is 3.88. The van der Waals surface area contributed by atoms with Crippen molar-refractivity contribution in [3.63, 3.8) is 0 Å². The van der Waals surface area contributed by atoms with Crippen molar-refractivity contribution in [3.8, 4) is 0 Å². The Kier molecular flexibility index (Phi) is 3.71. The van der Waals surface area contributed by atoms with E-state index in [0.29, 0.717) is 6.54 Å². The second-order valence-corrected chi connectivity index (χ2v) is 5.05. The molecular weight excluding hydrogens is 228 g/mol. The van der Waals surface area contributed by atoms with E-state index < -0.39 is 0 Å². The van der Waals surface area contributed by atoms with Gasteiger partial charge >= 0.3 is 0 Å². The molecule has 1 aliphatic rings. The number of hydrogen-bond acceptors (Lipinski definition) is 3. The minimum atomic E-state index is 0.0910. The number of aromatic nitrogens is 2. The van der Waals surface area contributed by atoms with Crippen LogP contribution in [0.3, 0.4) is 0 Å². The Bertz CT molecular complexity index is 452. The molecule has 2 N–H and O–H groups in total. The third kappa shape index (κ3) is 2.14. The van der Waals surface area contributed by atoms with Crippen LogP contribution in [0.2, 0.25) is 0 Å². The zero-order valence-electron chi connectivity index (χ0n) is 11.4. The van der Waals surface area contributed by atoms with Gasteiger partial charge in [0.2, 0.25) is 0 Å². The van der Waals surface area contributed by atoms with Crippen LogP contribution in [0.4, 0.5) is 0 Å². The van der Waals surface area contributed by atoms with Gasteiger partial charge in [-0.3, -0.25) is 9.48 Å². The zero-order chi connectivity index (χ0) is 13.3. The number of likely N-dealkylation sites (tertiary alicyclic amines) is 1. The Morgan fingerprint density at radius 2 is 2.17 bits per heavy atom. The van der Waals surface area contributed by atoms with Crippen LogP contribution >= 0.6 is 0 Å². The highest BCUT2D eigenvalue weighted by Gasteiger charge is 2.29. The van der Waals surface area contributed by atoms with Gasteiger partial charge in [-0.1, -0.05) is 0 Å². The molecule has 18 heavy (non-hydrogen) atoms. The molecule has 0 spiro atoms. The van der Waals surface area contributed by atoms with Gasteiger partial charge in [0.15, 0.2) is 0 Å². The molecule has 1 unspecified atom stereocenters. The molecule has 100 valence electrons. The summed E-state index contributed by atoms with van der Waals surface area (Å²) in [6, 6.07) is 0.185. The van der Waals surface area contributed by atoms with Gasteiger partial charge in [0, 0.05) is 31.9 Å². The van der Waals surface area contributed by atoms with Gasteiger partial charge < -0.3 is 10.6 Å². The van der Waals surface area contributed by atoms with E-state index in [4.69, 9.17) is 5.73 Å². The molecule has 1 amide bonds. The molecule has 0 aromatic carbocycles. The minimum absolute atomic E-state index is 0.0910. The Morgan fingerprint density at radius 3 is 2.72 bits per heavy atom. The predicted molar refractivity (Wildman–Crippen MR) is 70.4 cm³/mol. The molecule has 5 heteroatoms. The normalized spacial score (nSPS) is 20.2. The smallest absolute Gasteiger partial charge is 0.257 e. The lowest BCUT2D eigenvalue weighted by Gasteiger charge is -2.35. The van der Waals surface area contributed by atoms with Gasteiger partial charge in [-0.2, -0.15) is 5.10 Å². The standard InChI is InChI=1S/C13H22N4O/c1-9-12(10(2)16(3)15-9)13(18)17-7-5-4-6-11(17)8-14/h11H,4-8,14H2,1-3H3. The van der Waals surface area contributed by atoms with Crippen LogP contribution < -0.4 is 5.73 Å². The molecule has 1 atom stereocenters. The highest BCUT2D eigenvalue weighted by molar-refractivity contribution is 5.96. The molecule has 1 aliphatic heterocycles. The van der Waals surface area contributed by atoms with Crippen molar-refractivity contribution in [2.24, 2.45) is 12.8 Å². The van der Waals surface area contributed by atoms with Crippen LogP contribution in [0.15, 0.2) is 0 Å². The number of piperidine rings is 1. The molecule has 0 aliphatic carbocycles. The average molecular weight is 250 g/mol. The van der Waals surface area contributed by atoms with Crippen LogP contribution in [0.5, 0.6) is 0 Å². The summed E-state index contributed by atoms with van der Waals surface area (Å²) in [7, 11) is 1.87. The first-order valence-corrected chi connectivity index (χ1v) is 6.57. The first kappa shape index (κ1) is 13.1. The van der Waals surface area contributed by atoms with Crippen molar-refractivity contribution in [2.45, 2.75) is 39.2 Å². The zero-order valence-corrected chi connectivity index (χ0v) is 11.4. The van der Waals surface area contributed by atoms with E-state index in [0.717, 1.165) is 42.8 Å². The lowest BCUT2D eigenvalue weighted by molar-refractivity contribution is 0.0621. The number of nitrogens with two attached hydrogens (primary N) is 1. The number of nitrogens with zero attached hydrogens (tertiary/aromatic N) is 3. The summed E-state index contributed by atoms with van der Waals surface area (Å²) in [6.45, 7) is 5.19. The van der Waals surface area contributed by atoms with Gasteiger partial charge in [-0.05, 0) is 33.1 Å². The van der Waals surface area contributed by atoms with Crippen LogP contribution in [-0.4, -0.2) is 39.7 Å². The Morgan fingerprint density at radius 1 is 1.44 bits per heavy atom. The lowest BCUT2D eigenvalue weighted by Crippen LogP contribution is -2.47. The SMILES string of the molecule is Cc1nn(C)c(C)c1C(=O)N1CCCCC1CN. The molecule has 2 heterocycles. The Balaban J connectivity index is 2.29. The molecular formula is C13H22N4O. The van der Waals surface area contributed by atoms with Gasteiger partial charge in [0.25, 0.3) is 5.91 Å². The molecule has 0 saturated carbocycles. The summed E-state index contributed by atoms with van der Waals surface area (Å²) < 4.78 is 1.77. The van der Waals surface area contributed by atoms with Crippen molar-refractivity contribution < 1.29 is 4.79 Å². The third-order valence-electron chi connectivity index (χ3n) is 3.88. The second kappa shape index (κ2) is 5.10. The monoisotopic (exact) mass is 250 g/mol. The van der Waals surface area contributed by atoms with Crippen LogP contribution in [0.1, 0.15) is 41.0 Å². The summed E-state index contributed by atoms with van der Waals surface area (Å²) in [5.74, 6) is 0.0910. The summed E-state index contributed by atoms with van der Waals surface area (Å²) in [5.41, 5.74) is 8.26. The van der Waals surface area contributed by atoms with Gasteiger partial charge in [-0.25, -0.2) is 0 Å². The van der Waals surface area contributed by atoms with Crippen molar-refractivity contribution in [2.75, 3.05) is 13.1 Å². The van der Waals surface area contributed by atoms with E-state index >= 15 is 0 Å². The van der Waals surface area contributed by atoms with Crippen molar-refractivity contribution >= 4 is 5.91 Å². The molecule has 1 saturated heterocycles. The summed E-state index contributed by atoms with van der Waals surface area (Å²) in [5, 5.41) is 4.32. The predicted octanol–water partition coefficient (Wildman–Crippen LogP) is 0.990. The van der Waals surface area contributed by atoms with Crippen molar-refractivity contribution in [3.05, 3.63) is 17.0 Å². The van der Waals surface area contributed by atoms with E-state index in [1.807, 2.05) is 25.8 Å². The number of hydrogen-bond donors (Lipinski definition) is 1. The summed E-state index contributed by atoms with van der Waals surface area (Å²) in [4.78, 5) is 14.6. The van der Waals surface area contributed by atoms with E-state index in [1.54, 1.807) is 4.68 Å². The molecule has 1 fully saturated rings. The number of carbonyl (C=O) groups is 1. The molecule has 1 aromatic rings. The van der Waals surface area contributed by atoms with Crippen LogP contribution in [0.25, 0.3) is 0 Å². The van der Waals surface area contributed by atoms with Crippen molar-refractivity contribution in [1.29, 1.82) is 0 Å². The van der Waals surface area contributed by atoms with E-state index in [1.165, 1.54) is 0 Å². The summed E-state index contributed by atoms with van der Waals surface area (Å²) >= 11 is 0. The summed E-state index contributed by atoms with van der Waals surface area (Å²) in [6.07, 6.45) is 3.25. The highest BCUT2D eigenvalue weighted by atomic mass is 16.2. The number of aryl methyl sites for hydroxylation is 2.